The monoisotopic (exact) mass is 338 g/mol. The summed E-state index contributed by atoms with van der Waals surface area (Å²) in [6, 6.07) is 5.97. The zero-order chi connectivity index (χ0) is 14.6. The molecule has 4 heteroatoms. The largest absolute Gasteiger partial charge is 0.329 e. The van der Waals surface area contributed by atoms with Gasteiger partial charge in [0.05, 0.1) is 11.1 Å². The highest BCUT2D eigenvalue weighted by Crippen LogP contribution is 2.36. The van der Waals surface area contributed by atoms with Crippen LogP contribution >= 0.6 is 15.9 Å². The molecule has 0 radical (unpaired) electrons. The van der Waals surface area contributed by atoms with Gasteiger partial charge in [-0.1, -0.05) is 31.7 Å². The van der Waals surface area contributed by atoms with E-state index in [-0.39, 0.29) is 11.3 Å². The van der Waals surface area contributed by atoms with E-state index in [9.17, 15) is 4.79 Å². The highest BCUT2D eigenvalue weighted by Gasteiger charge is 2.37. The molecular formula is C16H23BrN2O. The summed E-state index contributed by atoms with van der Waals surface area (Å²) in [6.07, 6.45) is 6.42. The van der Waals surface area contributed by atoms with Crippen molar-refractivity contribution in [2.75, 3.05) is 11.9 Å². The topological polar surface area (TPSA) is 55.1 Å². The summed E-state index contributed by atoms with van der Waals surface area (Å²) in [5.74, 6) is 0.0770. The summed E-state index contributed by atoms with van der Waals surface area (Å²) >= 11 is 3.49. The number of hydrogen-bond donors (Lipinski definition) is 2. The lowest BCUT2D eigenvalue weighted by molar-refractivity contribution is -0.125. The van der Waals surface area contributed by atoms with Gasteiger partial charge in [0.2, 0.25) is 5.91 Å². The minimum Gasteiger partial charge on any atom is -0.329 e. The summed E-state index contributed by atoms with van der Waals surface area (Å²) in [6.45, 7) is 2.45. The molecule has 0 saturated heterocycles. The normalized spacial score (nSPS) is 18.4. The van der Waals surface area contributed by atoms with E-state index in [0.29, 0.717) is 6.54 Å². The summed E-state index contributed by atoms with van der Waals surface area (Å²) < 4.78 is 0.914. The van der Waals surface area contributed by atoms with E-state index in [0.717, 1.165) is 41.4 Å². The third kappa shape index (κ3) is 3.41. The Bertz CT molecular complexity index is 479. The summed E-state index contributed by atoms with van der Waals surface area (Å²) in [5.41, 5.74) is 7.54. The van der Waals surface area contributed by atoms with Crippen LogP contribution in [0.3, 0.4) is 0 Å². The SMILES string of the molecule is Cc1ccc(Br)c(NC(=O)C2(CN)CCCCCC2)c1. The number of nitrogens with two attached hydrogens (primary N) is 1. The molecule has 110 valence electrons. The molecule has 0 bridgehead atoms. The molecule has 2 rings (SSSR count). The van der Waals surface area contributed by atoms with Crippen LogP contribution in [0.2, 0.25) is 0 Å². The number of nitrogens with one attached hydrogen (secondary N) is 1. The van der Waals surface area contributed by atoms with Gasteiger partial charge in [-0.3, -0.25) is 4.79 Å². The average Bonchev–Trinajstić information content (AvgIpc) is 2.69. The standard InChI is InChI=1S/C16H23BrN2O/c1-12-6-7-13(17)14(10-12)19-15(20)16(11-18)8-4-2-3-5-9-16/h6-7,10H,2-5,8-9,11,18H2,1H3,(H,19,20). The Kier molecular flexibility index (Phi) is 5.22. The lowest BCUT2D eigenvalue weighted by atomic mass is 9.79. The molecule has 1 aliphatic rings. The maximum Gasteiger partial charge on any atom is 0.231 e. The van der Waals surface area contributed by atoms with E-state index in [2.05, 4.69) is 21.2 Å². The van der Waals surface area contributed by atoms with Crippen LogP contribution in [0.5, 0.6) is 0 Å². The molecule has 1 aliphatic carbocycles. The van der Waals surface area contributed by atoms with Crippen molar-refractivity contribution in [2.45, 2.75) is 45.4 Å². The zero-order valence-corrected chi connectivity index (χ0v) is 13.6. The van der Waals surface area contributed by atoms with Gasteiger partial charge >= 0.3 is 0 Å². The molecule has 1 aromatic carbocycles. The first kappa shape index (κ1) is 15.5. The number of carbonyl (C=O) groups excluding carboxylic acids is 1. The predicted molar refractivity (Wildman–Crippen MR) is 86.7 cm³/mol. The molecule has 0 heterocycles. The van der Waals surface area contributed by atoms with Gasteiger partial charge in [-0.15, -0.1) is 0 Å². The third-order valence-corrected chi connectivity index (χ3v) is 4.99. The van der Waals surface area contributed by atoms with E-state index in [1.807, 2.05) is 25.1 Å². The van der Waals surface area contributed by atoms with Crippen molar-refractivity contribution in [1.29, 1.82) is 0 Å². The van der Waals surface area contributed by atoms with E-state index in [4.69, 9.17) is 5.73 Å². The maximum absolute atomic E-state index is 12.7. The molecule has 20 heavy (non-hydrogen) atoms. The van der Waals surface area contributed by atoms with E-state index < -0.39 is 0 Å². The quantitative estimate of drug-likeness (QED) is 0.818. The molecule has 0 unspecified atom stereocenters. The summed E-state index contributed by atoms with van der Waals surface area (Å²) in [7, 11) is 0. The Morgan fingerprint density at radius 1 is 1.30 bits per heavy atom. The number of benzene rings is 1. The van der Waals surface area contributed by atoms with Crippen LogP contribution in [0.1, 0.15) is 44.1 Å². The van der Waals surface area contributed by atoms with Crippen LogP contribution in [-0.2, 0) is 4.79 Å². The first-order valence-electron chi connectivity index (χ1n) is 7.35. The van der Waals surface area contributed by atoms with Gasteiger partial charge in [0.1, 0.15) is 0 Å². The van der Waals surface area contributed by atoms with Crippen molar-refractivity contribution in [3.05, 3.63) is 28.2 Å². The molecule has 1 aromatic rings. The highest BCUT2D eigenvalue weighted by molar-refractivity contribution is 9.10. The van der Waals surface area contributed by atoms with Crippen molar-refractivity contribution in [2.24, 2.45) is 11.1 Å². The van der Waals surface area contributed by atoms with Crippen molar-refractivity contribution in [3.63, 3.8) is 0 Å². The van der Waals surface area contributed by atoms with Gasteiger partial charge in [-0.25, -0.2) is 0 Å². The Labute approximate surface area is 129 Å². The van der Waals surface area contributed by atoms with Crippen LogP contribution in [-0.4, -0.2) is 12.5 Å². The summed E-state index contributed by atoms with van der Waals surface area (Å²) in [4.78, 5) is 12.7. The number of amides is 1. The van der Waals surface area contributed by atoms with Crippen LogP contribution in [0.4, 0.5) is 5.69 Å². The van der Waals surface area contributed by atoms with Crippen molar-refractivity contribution in [3.8, 4) is 0 Å². The second kappa shape index (κ2) is 6.72. The van der Waals surface area contributed by atoms with E-state index in [1.54, 1.807) is 0 Å². The maximum atomic E-state index is 12.7. The van der Waals surface area contributed by atoms with Gasteiger partial charge in [0.15, 0.2) is 0 Å². The van der Waals surface area contributed by atoms with Crippen molar-refractivity contribution in [1.82, 2.24) is 0 Å². The molecule has 1 amide bonds. The minimum absolute atomic E-state index is 0.0770. The van der Waals surface area contributed by atoms with Crippen LogP contribution < -0.4 is 11.1 Å². The lowest BCUT2D eigenvalue weighted by Gasteiger charge is -2.30. The minimum atomic E-state index is -0.389. The van der Waals surface area contributed by atoms with Crippen LogP contribution in [0, 0.1) is 12.3 Å². The Morgan fingerprint density at radius 2 is 1.95 bits per heavy atom. The second-order valence-electron chi connectivity index (χ2n) is 5.84. The Hall–Kier alpha value is -0.870. The first-order chi connectivity index (χ1) is 9.57. The molecule has 1 saturated carbocycles. The Morgan fingerprint density at radius 3 is 2.55 bits per heavy atom. The van der Waals surface area contributed by atoms with Gasteiger partial charge in [0, 0.05) is 11.0 Å². The second-order valence-corrected chi connectivity index (χ2v) is 6.69. The van der Waals surface area contributed by atoms with E-state index in [1.165, 1.54) is 12.8 Å². The molecule has 0 atom stereocenters. The van der Waals surface area contributed by atoms with Crippen molar-refractivity contribution < 1.29 is 4.79 Å². The molecule has 3 N–H and O–H groups in total. The fraction of sp³-hybridized carbons (Fsp3) is 0.562. The number of carbonyl (C=O) groups is 1. The number of halogens is 1. The van der Waals surface area contributed by atoms with E-state index >= 15 is 0 Å². The third-order valence-electron chi connectivity index (χ3n) is 4.30. The smallest absolute Gasteiger partial charge is 0.231 e. The Balaban J connectivity index is 2.18. The van der Waals surface area contributed by atoms with Gasteiger partial charge < -0.3 is 11.1 Å². The number of rotatable bonds is 3. The number of anilines is 1. The average molecular weight is 339 g/mol. The number of hydrogen-bond acceptors (Lipinski definition) is 2. The van der Waals surface area contributed by atoms with Crippen LogP contribution in [0.25, 0.3) is 0 Å². The molecule has 0 spiro atoms. The fourth-order valence-electron chi connectivity index (χ4n) is 2.92. The molecular weight excluding hydrogens is 316 g/mol. The van der Waals surface area contributed by atoms with Gasteiger partial charge in [0.25, 0.3) is 0 Å². The zero-order valence-electron chi connectivity index (χ0n) is 12.0. The summed E-state index contributed by atoms with van der Waals surface area (Å²) in [5, 5.41) is 3.07. The fourth-order valence-corrected chi connectivity index (χ4v) is 3.26. The predicted octanol–water partition coefficient (Wildman–Crippen LogP) is 4.00. The first-order valence-corrected chi connectivity index (χ1v) is 8.14. The molecule has 1 fully saturated rings. The molecule has 0 aromatic heterocycles. The highest BCUT2D eigenvalue weighted by atomic mass is 79.9. The van der Waals surface area contributed by atoms with Gasteiger partial charge in [-0.2, -0.15) is 0 Å². The van der Waals surface area contributed by atoms with Gasteiger partial charge in [-0.05, 0) is 53.4 Å². The molecule has 3 nitrogen and oxygen atoms in total. The number of aryl methyl sites for hydroxylation is 1. The van der Waals surface area contributed by atoms with Crippen LogP contribution in [0.15, 0.2) is 22.7 Å². The lowest BCUT2D eigenvalue weighted by Crippen LogP contribution is -2.42. The molecule has 0 aliphatic heterocycles. The van der Waals surface area contributed by atoms with Crippen molar-refractivity contribution >= 4 is 27.5 Å².